The first-order valence-electron chi connectivity index (χ1n) is 6.74. The topological polar surface area (TPSA) is 67.4 Å². The molecule has 0 aromatic heterocycles. The van der Waals surface area contributed by atoms with Gasteiger partial charge in [-0.1, -0.05) is 19.9 Å². The molecule has 5 heteroatoms. The molecule has 1 atom stereocenters. The molecule has 20 heavy (non-hydrogen) atoms. The Kier molecular flexibility index (Phi) is 4.39. The van der Waals surface area contributed by atoms with Crippen LogP contribution in [0.3, 0.4) is 0 Å². The van der Waals surface area contributed by atoms with Gasteiger partial charge in [-0.2, -0.15) is 0 Å². The summed E-state index contributed by atoms with van der Waals surface area (Å²) in [6.07, 6.45) is 0. The van der Waals surface area contributed by atoms with Gasteiger partial charge in [-0.25, -0.2) is 4.79 Å². The lowest BCUT2D eigenvalue weighted by Crippen LogP contribution is -2.45. The molecule has 1 aromatic rings. The van der Waals surface area contributed by atoms with Crippen LogP contribution in [-0.4, -0.2) is 25.0 Å². The smallest absolute Gasteiger partial charge is 0.328 e. The third-order valence-electron chi connectivity index (χ3n) is 3.51. The van der Waals surface area contributed by atoms with Gasteiger partial charge in [0, 0.05) is 18.7 Å². The molecule has 1 aromatic carbocycles. The van der Waals surface area contributed by atoms with Gasteiger partial charge in [-0.3, -0.25) is 4.79 Å². The van der Waals surface area contributed by atoms with E-state index < -0.39 is 12.0 Å². The van der Waals surface area contributed by atoms with Crippen molar-refractivity contribution >= 4 is 11.9 Å². The number of benzene rings is 1. The number of fused-ring (bicyclic) bond motifs is 1. The summed E-state index contributed by atoms with van der Waals surface area (Å²) in [6.45, 7) is 5.36. The predicted molar refractivity (Wildman–Crippen MR) is 75.1 cm³/mol. The van der Waals surface area contributed by atoms with Gasteiger partial charge in [0.2, 0.25) is 0 Å². The lowest BCUT2D eigenvalue weighted by molar-refractivity contribution is -0.144. The second-order valence-corrected chi connectivity index (χ2v) is 5.31. The van der Waals surface area contributed by atoms with Crippen molar-refractivity contribution < 1.29 is 14.3 Å². The molecular formula is C15H20N2O3. The van der Waals surface area contributed by atoms with Gasteiger partial charge in [0.1, 0.15) is 6.04 Å². The zero-order valence-corrected chi connectivity index (χ0v) is 12.0. The lowest BCUT2D eigenvalue weighted by Gasteiger charge is -2.20. The predicted octanol–water partition coefficient (Wildman–Crippen LogP) is 1.22. The van der Waals surface area contributed by atoms with Crippen LogP contribution in [0.15, 0.2) is 18.2 Å². The number of amides is 1. The number of hydrogen-bond donors (Lipinski definition) is 2. The third-order valence-corrected chi connectivity index (χ3v) is 3.51. The van der Waals surface area contributed by atoms with Crippen LogP contribution in [0.1, 0.15) is 35.3 Å². The van der Waals surface area contributed by atoms with Gasteiger partial charge < -0.3 is 15.4 Å². The molecule has 2 rings (SSSR count). The molecule has 0 spiro atoms. The van der Waals surface area contributed by atoms with Gasteiger partial charge in [-0.15, -0.1) is 0 Å². The molecular weight excluding hydrogens is 256 g/mol. The Hall–Kier alpha value is -1.88. The molecule has 1 aliphatic heterocycles. The van der Waals surface area contributed by atoms with Crippen LogP contribution in [0.2, 0.25) is 0 Å². The van der Waals surface area contributed by atoms with Crippen molar-refractivity contribution in [2.75, 3.05) is 7.11 Å². The first-order valence-corrected chi connectivity index (χ1v) is 6.74. The highest BCUT2D eigenvalue weighted by Gasteiger charge is 2.25. The summed E-state index contributed by atoms with van der Waals surface area (Å²) >= 11 is 0. The van der Waals surface area contributed by atoms with Crippen LogP contribution >= 0.6 is 0 Å². The van der Waals surface area contributed by atoms with Crippen molar-refractivity contribution in [3.8, 4) is 0 Å². The van der Waals surface area contributed by atoms with Crippen molar-refractivity contribution in [2.24, 2.45) is 5.92 Å². The van der Waals surface area contributed by atoms with Gasteiger partial charge in [0.15, 0.2) is 0 Å². The summed E-state index contributed by atoms with van der Waals surface area (Å²) in [5, 5.41) is 5.98. The number of ether oxygens (including phenoxy) is 1. The van der Waals surface area contributed by atoms with E-state index in [0.29, 0.717) is 5.56 Å². The normalized spacial score (nSPS) is 14.8. The largest absolute Gasteiger partial charge is 0.467 e. The van der Waals surface area contributed by atoms with Crippen molar-refractivity contribution in [2.45, 2.75) is 33.0 Å². The van der Waals surface area contributed by atoms with E-state index in [1.54, 1.807) is 6.07 Å². The molecule has 2 N–H and O–H groups in total. The first-order chi connectivity index (χ1) is 9.52. The highest BCUT2D eigenvalue weighted by Crippen LogP contribution is 2.17. The van der Waals surface area contributed by atoms with Crippen molar-refractivity contribution in [3.63, 3.8) is 0 Å². The molecule has 0 saturated heterocycles. The molecule has 0 aliphatic carbocycles. The highest BCUT2D eigenvalue weighted by atomic mass is 16.5. The van der Waals surface area contributed by atoms with Crippen LogP contribution < -0.4 is 10.6 Å². The Bertz CT molecular complexity index is 526. The molecule has 0 radical (unpaired) electrons. The molecule has 5 nitrogen and oxygen atoms in total. The Labute approximate surface area is 118 Å². The molecule has 1 heterocycles. The van der Waals surface area contributed by atoms with E-state index in [4.69, 9.17) is 4.74 Å². The summed E-state index contributed by atoms with van der Waals surface area (Å²) < 4.78 is 4.72. The van der Waals surface area contributed by atoms with Crippen molar-refractivity contribution in [1.82, 2.24) is 10.6 Å². The fourth-order valence-corrected chi connectivity index (χ4v) is 2.29. The maximum atomic E-state index is 12.2. The van der Waals surface area contributed by atoms with E-state index in [0.717, 1.165) is 18.7 Å². The molecule has 1 aliphatic rings. The first kappa shape index (κ1) is 14.5. The van der Waals surface area contributed by atoms with Gasteiger partial charge in [0.05, 0.1) is 7.11 Å². The third kappa shape index (κ3) is 2.99. The molecule has 0 fully saturated rings. The Morgan fingerprint density at radius 1 is 1.25 bits per heavy atom. The number of methoxy groups -OCH3 is 1. The Morgan fingerprint density at radius 3 is 2.60 bits per heavy atom. The summed E-state index contributed by atoms with van der Waals surface area (Å²) in [5.74, 6) is -0.692. The minimum absolute atomic E-state index is 0.0255. The van der Waals surface area contributed by atoms with Crippen LogP contribution in [0.4, 0.5) is 0 Å². The second kappa shape index (κ2) is 6.05. The average molecular weight is 276 g/mol. The standard InChI is InChI=1S/C15H20N2O3/c1-9(2)13(15(19)20-3)17-14(18)10-4-5-11-7-16-8-12(11)6-10/h4-6,9,13,16H,7-8H2,1-3H3,(H,17,18)/t13-/m0/s1. The Balaban J connectivity index is 2.12. The average Bonchev–Trinajstić information content (AvgIpc) is 2.90. The number of hydrogen-bond acceptors (Lipinski definition) is 4. The maximum absolute atomic E-state index is 12.2. The number of nitrogens with one attached hydrogen (secondary N) is 2. The maximum Gasteiger partial charge on any atom is 0.328 e. The molecule has 0 unspecified atom stereocenters. The van der Waals surface area contributed by atoms with E-state index in [1.165, 1.54) is 12.7 Å². The van der Waals surface area contributed by atoms with Gasteiger partial charge >= 0.3 is 5.97 Å². The van der Waals surface area contributed by atoms with Crippen LogP contribution in [-0.2, 0) is 22.6 Å². The second-order valence-electron chi connectivity index (χ2n) is 5.31. The van der Waals surface area contributed by atoms with Gasteiger partial charge in [-0.05, 0) is 29.2 Å². The monoisotopic (exact) mass is 276 g/mol. The fraction of sp³-hybridized carbons (Fsp3) is 0.467. The molecule has 0 bridgehead atoms. The van der Waals surface area contributed by atoms with Crippen molar-refractivity contribution in [1.29, 1.82) is 0 Å². The number of carbonyl (C=O) groups is 2. The van der Waals surface area contributed by atoms with Crippen LogP contribution in [0.5, 0.6) is 0 Å². The minimum Gasteiger partial charge on any atom is -0.467 e. The zero-order valence-electron chi connectivity index (χ0n) is 12.0. The van der Waals surface area contributed by atoms with Crippen LogP contribution in [0, 0.1) is 5.92 Å². The summed E-state index contributed by atoms with van der Waals surface area (Å²) in [5.41, 5.74) is 2.92. The van der Waals surface area contributed by atoms with E-state index in [1.807, 2.05) is 26.0 Å². The van der Waals surface area contributed by atoms with Crippen molar-refractivity contribution in [3.05, 3.63) is 34.9 Å². The lowest BCUT2D eigenvalue weighted by atomic mass is 10.0. The minimum atomic E-state index is -0.626. The highest BCUT2D eigenvalue weighted by molar-refractivity contribution is 5.97. The quantitative estimate of drug-likeness (QED) is 0.811. The fourth-order valence-electron chi connectivity index (χ4n) is 2.29. The number of rotatable bonds is 4. The summed E-state index contributed by atoms with van der Waals surface area (Å²) in [7, 11) is 1.32. The molecule has 108 valence electrons. The van der Waals surface area contributed by atoms with E-state index in [2.05, 4.69) is 10.6 Å². The molecule has 1 amide bonds. The summed E-state index contributed by atoms with van der Waals surface area (Å²) in [4.78, 5) is 23.9. The van der Waals surface area contributed by atoms with E-state index in [-0.39, 0.29) is 11.8 Å². The number of carbonyl (C=O) groups excluding carboxylic acids is 2. The SMILES string of the molecule is COC(=O)[C@@H](NC(=O)c1ccc2c(c1)CNC2)C(C)C. The molecule has 0 saturated carbocycles. The van der Waals surface area contributed by atoms with Crippen LogP contribution in [0.25, 0.3) is 0 Å². The summed E-state index contributed by atoms with van der Waals surface area (Å²) in [6, 6.07) is 4.99. The van der Waals surface area contributed by atoms with E-state index in [9.17, 15) is 9.59 Å². The Morgan fingerprint density at radius 2 is 1.95 bits per heavy atom. The van der Waals surface area contributed by atoms with E-state index >= 15 is 0 Å². The van der Waals surface area contributed by atoms with Gasteiger partial charge in [0.25, 0.3) is 5.91 Å². The number of esters is 1. The zero-order chi connectivity index (χ0) is 14.7.